The predicted molar refractivity (Wildman–Crippen MR) is 83.9 cm³/mol. The Kier molecular flexibility index (Phi) is 5.84. The van der Waals surface area contributed by atoms with Crippen LogP contribution >= 0.6 is 0 Å². The molecule has 5 heteroatoms. The molecule has 0 unspecified atom stereocenters. The van der Waals surface area contributed by atoms with E-state index in [2.05, 4.69) is 5.32 Å². The van der Waals surface area contributed by atoms with Crippen LogP contribution in [0.15, 0.2) is 36.0 Å². The molecular weight excluding hydrogens is 278 g/mol. The van der Waals surface area contributed by atoms with E-state index in [1.54, 1.807) is 17.0 Å². The molecule has 1 aliphatic rings. The van der Waals surface area contributed by atoms with Gasteiger partial charge in [-0.1, -0.05) is 12.1 Å². The third-order valence-corrected chi connectivity index (χ3v) is 3.73. The van der Waals surface area contributed by atoms with Crippen LogP contribution in [0.2, 0.25) is 0 Å². The van der Waals surface area contributed by atoms with E-state index in [-0.39, 0.29) is 17.2 Å². The minimum absolute atomic E-state index is 0.160. The standard InChI is InChI=1S/C17H21N3O2/c18-12-15(17(22)20-10-2-1-3-11-20)13-19-9-8-14-4-6-16(21)7-5-14/h4-7,13,19,21H,1-3,8-11H2/b15-13-. The highest BCUT2D eigenvalue weighted by Crippen LogP contribution is 2.12. The van der Waals surface area contributed by atoms with Crippen LogP contribution in [0, 0.1) is 11.3 Å². The van der Waals surface area contributed by atoms with E-state index in [9.17, 15) is 9.90 Å². The fourth-order valence-corrected chi connectivity index (χ4v) is 2.46. The van der Waals surface area contributed by atoms with E-state index >= 15 is 0 Å². The maximum absolute atomic E-state index is 12.2. The van der Waals surface area contributed by atoms with E-state index in [1.165, 1.54) is 6.20 Å². The van der Waals surface area contributed by atoms with Gasteiger partial charge in [0.1, 0.15) is 17.4 Å². The third kappa shape index (κ3) is 4.52. The van der Waals surface area contributed by atoms with Crippen molar-refractivity contribution in [1.82, 2.24) is 10.2 Å². The summed E-state index contributed by atoms with van der Waals surface area (Å²) >= 11 is 0. The fraction of sp³-hybridized carbons (Fsp3) is 0.412. The molecule has 1 heterocycles. The molecule has 0 bridgehead atoms. The number of carbonyl (C=O) groups excluding carboxylic acids is 1. The molecule has 2 N–H and O–H groups in total. The first-order valence-electron chi connectivity index (χ1n) is 7.61. The van der Waals surface area contributed by atoms with Gasteiger partial charge in [0.05, 0.1) is 0 Å². The summed E-state index contributed by atoms with van der Waals surface area (Å²) in [5, 5.41) is 21.4. The number of hydrogen-bond donors (Lipinski definition) is 2. The molecule has 0 saturated carbocycles. The average molecular weight is 299 g/mol. The molecule has 1 saturated heterocycles. The molecule has 0 atom stereocenters. The van der Waals surface area contributed by atoms with E-state index in [1.807, 2.05) is 18.2 Å². The van der Waals surface area contributed by atoms with Gasteiger partial charge in [0, 0.05) is 25.8 Å². The smallest absolute Gasteiger partial charge is 0.265 e. The number of carbonyl (C=O) groups is 1. The first-order valence-corrected chi connectivity index (χ1v) is 7.61. The minimum atomic E-state index is -0.181. The van der Waals surface area contributed by atoms with E-state index in [4.69, 9.17) is 5.26 Å². The Morgan fingerprint density at radius 3 is 2.59 bits per heavy atom. The Morgan fingerprint density at radius 2 is 1.95 bits per heavy atom. The summed E-state index contributed by atoms with van der Waals surface area (Å²) in [4.78, 5) is 13.9. The molecule has 22 heavy (non-hydrogen) atoms. The van der Waals surface area contributed by atoms with Crippen molar-refractivity contribution in [3.8, 4) is 11.8 Å². The molecule has 0 aromatic heterocycles. The summed E-state index contributed by atoms with van der Waals surface area (Å²) in [6.07, 6.45) is 5.45. The Morgan fingerprint density at radius 1 is 1.27 bits per heavy atom. The van der Waals surface area contributed by atoms with Gasteiger partial charge in [-0.15, -0.1) is 0 Å². The Labute approximate surface area is 130 Å². The highest BCUT2D eigenvalue weighted by molar-refractivity contribution is 5.97. The molecule has 1 aliphatic heterocycles. The van der Waals surface area contributed by atoms with Gasteiger partial charge in [0.15, 0.2) is 0 Å². The van der Waals surface area contributed by atoms with Crippen LogP contribution in [-0.4, -0.2) is 35.5 Å². The number of nitrogens with one attached hydrogen (secondary N) is 1. The summed E-state index contributed by atoms with van der Waals surface area (Å²) < 4.78 is 0. The van der Waals surface area contributed by atoms with Gasteiger partial charge in [-0.2, -0.15) is 5.26 Å². The number of hydrogen-bond acceptors (Lipinski definition) is 4. The number of aromatic hydroxyl groups is 1. The van der Waals surface area contributed by atoms with Crippen molar-refractivity contribution in [2.24, 2.45) is 0 Å². The summed E-state index contributed by atoms with van der Waals surface area (Å²) in [6.45, 7) is 2.11. The Hall–Kier alpha value is -2.48. The molecule has 1 fully saturated rings. The Bertz CT molecular complexity index is 567. The normalized spacial score (nSPS) is 15.2. The molecule has 1 aromatic rings. The molecule has 1 amide bonds. The lowest BCUT2D eigenvalue weighted by atomic mass is 10.1. The highest BCUT2D eigenvalue weighted by atomic mass is 16.3. The predicted octanol–water partition coefficient (Wildman–Crippen LogP) is 1.94. The number of phenolic OH excluding ortho intramolecular Hbond substituents is 1. The maximum Gasteiger partial charge on any atom is 0.265 e. The van der Waals surface area contributed by atoms with Crippen molar-refractivity contribution in [3.63, 3.8) is 0 Å². The zero-order valence-electron chi connectivity index (χ0n) is 12.6. The van der Waals surface area contributed by atoms with Crippen molar-refractivity contribution in [1.29, 1.82) is 5.26 Å². The van der Waals surface area contributed by atoms with E-state index in [0.717, 1.165) is 44.3 Å². The zero-order chi connectivity index (χ0) is 15.8. The molecule has 2 rings (SSSR count). The lowest BCUT2D eigenvalue weighted by Crippen LogP contribution is -2.36. The van der Waals surface area contributed by atoms with Crippen LogP contribution in [0.4, 0.5) is 0 Å². The number of benzene rings is 1. The van der Waals surface area contributed by atoms with Crippen molar-refractivity contribution >= 4 is 5.91 Å². The number of nitriles is 1. The largest absolute Gasteiger partial charge is 0.508 e. The van der Waals surface area contributed by atoms with Crippen molar-refractivity contribution in [3.05, 3.63) is 41.6 Å². The monoisotopic (exact) mass is 299 g/mol. The highest BCUT2D eigenvalue weighted by Gasteiger charge is 2.19. The fourth-order valence-electron chi connectivity index (χ4n) is 2.46. The summed E-state index contributed by atoms with van der Waals surface area (Å²) in [5.74, 6) is 0.0647. The van der Waals surface area contributed by atoms with Crippen LogP contribution in [0.1, 0.15) is 24.8 Å². The third-order valence-electron chi connectivity index (χ3n) is 3.73. The lowest BCUT2D eigenvalue weighted by molar-refractivity contribution is -0.127. The second-order valence-corrected chi connectivity index (χ2v) is 5.39. The first-order chi connectivity index (χ1) is 10.7. The number of nitrogens with zero attached hydrogens (tertiary/aromatic N) is 2. The first kappa shape index (κ1) is 15.9. The quantitative estimate of drug-likeness (QED) is 0.495. The Balaban J connectivity index is 1.83. The van der Waals surface area contributed by atoms with Gasteiger partial charge in [0.25, 0.3) is 5.91 Å². The number of amides is 1. The van der Waals surface area contributed by atoms with Crippen molar-refractivity contribution in [2.75, 3.05) is 19.6 Å². The minimum Gasteiger partial charge on any atom is -0.508 e. The second-order valence-electron chi connectivity index (χ2n) is 5.39. The van der Waals surface area contributed by atoms with E-state index in [0.29, 0.717) is 6.54 Å². The topological polar surface area (TPSA) is 76.4 Å². The number of rotatable bonds is 5. The van der Waals surface area contributed by atoms with Gasteiger partial charge < -0.3 is 15.3 Å². The van der Waals surface area contributed by atoms with Gasteiger partial charge in [0.2, 0.25) is 0 Å². The van der Waals surface area contributed by atoms with Crippen molar-refractivity contribution < 1.29 is 9.90 Å². The number of phenols is 1. The SMILES string of the molecule is N#C/C(=C/NCCc1ccc(O)cc1)C(=O)N1CCCCC1. The zero-order valence-corrected chi connectivity index (χ0v) is 12.6. The molecule has 0 radical (unpaired) electrons. The van der Waals surface area contributed by atoms with Gasteiger partial charge in [-0.3, -0.25) is 4.79 Å². The van der Waals surface area contributed by atoms with Crippen LogP contribution in [0.3, 0.4) is 0 Å². The van der Waals surface area contributed by atoms with Gasteiger partial charge in [-0.25, -0.2) is 0 Å². The summed E-state index contributed by atoms with van der Waals surface area (Å²) in [6, 6.07) is 8.97. The molecule has 5 nitrogen and oxygen atoms in total. The molecule has 1 aromatic carbocycles. The molecule has 0 spiro atoms. The molecule has 116 valence electrons. The van der Waals surface area contributed by atoms with Crippen molar-refractivity contribution in [2.45, 2.75) is 25.7 Å². The molecular formula is C17H21N3O2. The summed E-state index contributed by atoms with van der Waals surface area (Å²) in [5.41, 5.74) is 1.24. The van der Waals surface area contributed by atoms with Gasteiger partial charge >= 0.3 is 0 Å². The lowest BCUT2D eigenvalue weighted by Gasteiger charge is -2.26. The summed E-state index contributed by atoms with van der Waals surface area (Å²) in [7, 11) is 0. The van der Waals surface area contributed by atoms with Crippen LogP contribution in [0.25, 0.3) is 0 Å². The second kappa shape index (κ2) is 8.08. The number of likely N-dealkylation sites (tertiary alicyclic amines) is 1. The van der Waals surface area contributed by atoms with Crippen LogP contribution in [0.5, 0.6) is 5.75 Å². The van der Waals surface area contributed by atoms with Crippen LogP contribution < -0.4 is 5.32 Å². The average Bonchev–Trinajstić information content (AvgIpc) is 2.57. The van der Waals surface area contributed by atoms with Gasteiger partial charge in [-0.05, 0) is 43.4 Å². The van der Waals surface area contributed by atoms with E-state index < -0.39 is 0 Å². The molecule has 0 aliphatic carbocycles. The maximum atomic E-state index is 12.2. The van der Waals surface area contributed by atoms with Crippen LogP contribution in [-0.2, 0) is 11.2 Å². The number of piperidine rings is 1.